The van der Waals surface area contributed by atoms with Crippen LogP contribution < -0.4 is 10.2 Å². The Hall–Kier alpha value is -2.55. The fraction of sp³-hybridized carbons (Fsp3) is 0.412. The van der Waals surface area contributed by atoms with Gasteiger partial charge in [0.05, 0.1) is 17.1 Å². The Morgan fingerprint density at radius 2 is 1.96 bits per heavy atom. The van der Waals surface area contributed by atoms with Crippen molar-refractivity contribution in [2.24, 2.45) is 0 Å². The number of nitrogens with one attached hydrogen (secondary N) is 1. The standard InChI is InChI=1S/C17H21N5O3S/c1-22(8-4-13-2-6-18-7-3-13)17-19-10-14(11-20-17)16(23)21-15-5-9-26(24,25)12-15/h2-3,6-7,10-11,15H,4-5,8-9,12H2,1H3,(H,21,23). The summed E-state index contributed by atoms with van der Waals surface area (Å²) in [4.78, 5) is 26.6. The second-order valence-corrected chi connectivity index (χ2v) is 8.60. The lowest BCUT2D eigenvalue weighted by Crippen LogP contribution is -2.35. The van der Waals surface area contributed by atoms with Crippen molar-refractivity contribution in [2.45, 2.75) is 18.9 Å². The number of nitrogens with zero attached hydrogens (tertiary/aromatic N) is 4. The first kappa shape index (κ1) is 18.2. The van der Waals surface area contributed by atoms with Crippen LogP contribution in [0.1, 0.15) is 22.3 Å². The van der Waals surface area contributed by atoms with Crippen LogP contribution in [0.4, 0.5) is 5.95 Å². The first-order valence-electron chi connectivity index (χ1n) is 8.36. The van der Waals surface area contributed by atoms with Crippen LogP contribution in [0.3, 0.4) is 0 Å². The molecule has 0 aliphatic carbocycles. The van der Waals surface area contributed by atoms with Gasteiger partial charge >= 0.3 is 0 Å². The van der Waals surface area contributed by atoms with Crippen molar-refractivity contribution in [3.8, 4) is 0 Å². The average molecular weight is 375 g/mol. The molecule has 1 amide bonds. The van der Waals surface area contributed by atoms with Gasteiger partial charge < -0.3 is 10.2 Å². The van der Waals surface area contributed by atoms with Crippen molar-refractivity contribution in [3.05, 3.63) is 48.0 Å². The van der Waals surface area contributed by atoms with Crippen molar-refractivity contribution >= 4 is 21.7 Å². The summed E-state index contributed by atoms with van der Waals surface area (Å²) in [6.45, 7) is 0.732. The third-order valence-electron chi connectivity index (χ3n) is 4.29. The number of hydrogen-bond donors (Lipinski definition) is 1. The van der Waals surface area contributed by atoms with E-state index in [4.69, 9.17) is 0 Å². The van der Waals surface area contributed by atoms with Crippen LogP contribution in [-0.2, 0) is 16.3 Å². The molecule has 1 aliphatic rings. The maximum absolute atomic E-state index is 12.2. The van der Waals surface area contributed by atoms with Crippen LogP contribution in [-0.4, -0.2) is 60.4 Å². The van der Waals surface area contributed by atoms with Crippen LogP contribution in [0.5, 0.6) is 0 Å². The summed E-state index contributed by atoms with van der Waals surface area (Å²) in [5.41, 5.74) is 1.50. The summed E-state index contributed by atoms with van der Waals surface area (Å²) < 4.78 is 22.9. The molecule has 2 aromatic rings. The highest BCUT2D eigenvalue weighted by atomic mass is 32.2. The van der Waals surface area contributed by atoms with Crippen LogP contribution in [0.2, 0.25) is 0 Å². The van der Waals surface area contributed by atoms with Gasteiger partial charge in [-0.05, 0) is 30.5 Å². The zero-order valence-electron chi connectivity index (χ0n) is 14.5. The third-order valence-corrected chi connectivity index (χ3v) is 6.06. The highest BCUT2D eigenvalue weighted by Gasteiger charge is 2.29. The minimum atomic E-state index is -3.03. The van der Waals surface area contributed by atoms with Crippen molar-refractivity contribution in [3.63, 3.8) is 0 Å². The molecule has 138 valence electrons. The zero-order valence-corrected chi connectivity index (χ0v) is 15.3. The Balaban J connectivity index is 1.55. The molecule has 1 saturated heterocycles. The van der Waals surface area contributed by atoms with Gasteiger partial charge in [-0.15, -0.1) is 0 Å². The van der Waals surface area contributed by atoms with E-state index in [0.29, 0.717) is 17.9 Å². The Morgan fingerprint density at radius 1 is 1.27 bits per heavy atom. The van der Waals surface area contributed by atoms with Crippen LogP contribution in [0.25, 0.3) is 0 Å². The molecule has 1 unspecified atom stereocenters. The molecule has 0 saturated carbocycles. The molecule has 1 atom stereocenters. The maximum atomic E-state index is 12.2. The highest BCUT2D eigenvalue weighted by molar-refractivity contribution is 7.91. The second kappa shape index (κ2) is 7.77. The van der Waals surface area contributed by atoms with Crippen molar-refractivity contribution in [2.75, 3.05) is 30.0 Å². The number of hydrogen-bond acceptors (Lipinski definition) is 7. The number of amides is 1. The fourth-order valence-electron chi connectivity index (χ4n) is 2.76. The Labute approximate surface area is 152 Å². The van der Waals surface area contributed by atoms with Gasteiger partial charge in [0.15, 0.2) is 9.84 Å². The number of aromatic nitrogens is 3. The normalized spacial score (nSPS) is 18.4. The van der Waals surface area contributed by atoms with Crippen molar-refractivity contribution < 1.29 is 13.2 Å². The topological polar surface area (TPSA) is 105 Å². The average Bonchev–Trinajstić information content (AvgIpc) is 2.99. The number of sulfone groups is 1. The molecule has 8 nitrogen and oxygen atoms in total. The monoisotopic (exact) mass is 375 g/mol. The molecule has 1 N–H and O–H groups in total. The largest absolute Gasteiger partial charge is 0.348 e. The molecule has 1 aliphatic heterocycles. The van der Waals surface area contributed by atoms with Gasteiger partial charge in [-0.25, -0.2) is 18.4 Å². The molecule has 0 radical (unpaired) electrons. The van der Waals surface area contributed by atoms with E-state index in [0.717, 1.165) is 13.0 Å². The van der Waals surface area contributed by atoms with E-state index in [1.807, 2.05) is 24.1 Å². The molecule has 9 heteroatoms. The lowest BCUT2D eigenvalue weighted by Gasteiger charge is -2.17. The van der Waals surface area contributed by atoms with E-state index < -0.39 is 9.84 Å². The number of carbonyl (C=O) groups excluding carboxylic acids is 1. The smallest absolute Gasteiger partial charge is 0.254 e. The van der Waals surface area contributed by atoms with Crippen LogP contribution in [0.15, 0.2) is 36.9 Å². The summed E-state index contributed by atoms with van der Waals surface area (Å²) in [7, 11) is -1.14. The lowest BCUT2D eigenvalue weighted by molar-refractivity contribution is 0.0940. The number of pyridine rings is 1. The van der Waals surface area contributed by atoms with Crippen molar-refractivity contribution in [1.29, 1.82) is 0 Å². The maximum Gasteiger partial charge on any atom is 0.254 e. The van der Waals surface area contributed by atoms with E-state index in [1.165, 1.54) is 18.0 Å². The van der Waals surface area contributed by atoms with Crippen molar-refractivity contribution in [1.82, 2.24) is 20.3 Å². The lowest BCUT2D eigenvalue weighted by atomic mass is 10.2. The fourth-order valence-corrected chi connectivity index (χ4v) is 4.43. The van der Waals surface area contributed by atoms with Gasteiger partial charge in [-0.3, -0.25) is 9.78 Å². The van der Waals surface area contributed by atoms with E-state index >= 15 is 0 Å². The molecule has 3 rings (SSSR count). The minimum Gasteiger partial charge on any atom is -0.348 e. The molecule has 1 fully saturated rings. The number of likely N-dealkylation sites (N-methyl/N-ethyl adjacent to an activating group) is 1. The minimum absolute atomic E-state index is 0.00454. The molecule has 0 aromatic carbocycles. The molecular formula is C17H21N5O3S. The van der Waals surface area contributed by atoms with Gasteiger partial charge in [0.25, 0.3) is 5.91 Å². The molecule has 3 heterocycles. The van der Waals surface area contributed by atoms with Gasteiger partial charge in [0.1, 0.15) is 0 Å². The Bertz CT molecular complexity index is 856. The summed E-state index contributed by atoms with van der Waals surface area (Å²) in [5.74, 6) is 0.294. The summed E-state index contributed by atoms with van der Waals surface area (Å²) >= 11 is 0. The number of anilines is 1. The van der Waals surface area contributed by atoms with Crippen LogP contribution >= 0.6 is 0 Å². The van der Waals surface area contributed by atoms with Crippen LogP contribution in [0, 0.1) is 0 Å². The Kier molecular flexibility index (Phi) is 5.46. The third kappa shape index (κ3) is 4.75. The summed E-state index contributed by atoms with van der Waals surface area (Å²) in [5, 5.41) is 2.73. The van der Waals surface area contributed by atoms with Gasteiger partial charge in [0, 0.05) is 44.4 Å². The predicted molar refractivity (Wildman–Crippen MR) is 97.8 cm³/mol. The van der Waals surface area contributed by atoms with E-state index in [1.54, 1.807) is 12.4 Å². The molecule has 2 aromatic heterocycles. The predicted octanol–water partition coefficient (Wildman–Crippen LogP) is 0.467. The summed E-state index contributed by atoms with van der Waals surface area (Å²) in [6, 6.07) is 3.59. The first-order valence-corrected chi connectivity index (χ1v) is 10.2. The van der Waals surface area contributed by atoms with Gasteiger partial charge in [0.2, 0.25) is 5.95 Å². The number of carbonyl (C=O) groups is 1. The van der Waals surface area contributed by atoms with Gasteiger partial charge in [-0.2, -0.15) is 0 Å². The highest BCUT2D eigenvalue weighted by Crippen LogP contribution is 2.12. The molecular weight excluding hydrogens is 354 g/mol. The molecule has 0 bridgehead atoms. The quantitative estimate of drug-likeness (QED) is 0.782. The first-order chi connectivity index (χ1) is 12.4. The van der Waals surface area contributed by atoms with E-state index in [2.05, 4.69) is 20.3 Å². The zero-order chi connectivity index (χ0) is 18.6. The Morgan fingerprint density at radius 3 is 2.58 bits per heavy atom. The molecule has 0 spiro atoms. The number of rotatable bonds is 6. The summed E-state index contributed by atoms with van der Waals surface area (Å²) in [6.07, 6.45) is 7.73. The van der Waals surface area contributed by atoms with Gasteiger partial charge in [-0.1, -0.05) is 0 Å². The second-order valence-electron chi connectivity index (χ2n) is 6.37. The SMILES string of the molecule is CN(CCc1ccncc1)c1ncc(C(=O)NC2CCS(=O)(=O)C2)cn1. The van der Waals surface area contributed by atoms with E-state index in [9.17, 15) is 13.2 Å². The van der Waals surface area contributed by atoms with E-state index in [-0.39, 0.29) is 23.5 Å². The molecule has 26 heavy (non-hydrogen) atoms.